The van der Waals surface area contributed by atoms with Crippen molar-refractivity contribution < 1.29 is 14.0 Å². The molecule has 0 spiro atoms. The highest BCUT2D eigenvalue weighted by Crippen LogP contribution is 2.47. The normalized spacial score (nSPS) is 13.0. The van der Waals surface area contributed by atoms with Crippen LogP contribution in [-0.4, -0.2) is 29.3 Å². The van der Waals surface area contributed by atoms with Crippen molar-refractivity contribution in [2.75, 3.05) is 19.7 Å². The van der Waals surface area contributed by atoms with E-state index in [0.717, 1.165) is 38.5 Å². The van der Waals surface area contributed by atoms with Gasteiger partial charge in [0, 0.05) is 13.1 Å². The lowest BCUT2D eigenvalue weighted by Crippen LogP contribution is -2.24. The fourth-order valence-electron chi connectivity index (χ4n) is 8.26. The molecular formula is C50H104NO3P. The Labute approximate surface area is 348 Å². The van der Waals surface area contributed by atoms with Gasteiger partial charge >= 0.3 is 7.75 Å². The van der Waals surface area contributed by atoms with E-state index in [1.807, 2.05) is 4.67 Å². The smallest absolute Gasteiger partial charge is 0.312 e. The zero-order valence-corrected chi connectivity index (χ0v) is 39.3. The summed E-state index contributed by atoms with van der Waals surface area (Å²) >= 11 is 0. The summed E-state index contributed by atoms with van der Waals surface area (Å²) in [5, 5.41) is 0. The SMILES string of the molecule is CCCCCCCCCCCCCCCCCCCCCCN(CCCCCCCCCCCCCCCCCCCCCC)P(=O)(O)OCCCCCC. The zero-order chi connectivity index (χ0) is 40.0. The van der Waals surface area contributed by atoms with Gasteiger partial charge in [-0.05, 0) is 19.3 Å². The molecule has 0 saturated heterocycles. The van der Waals surface area contributed by atoms with E-state index in [1.54, 1.807) is 0 Å². The predicted molar refractivity (Wildman–Crippen MR) is 248 cm³/mol. The van der Waals surface area contributed by atoms with E-state index in [2.05, 4.69) is 20.8 Å². The Bertz CT molecular complexity index is 705. The number of unbranched alkanes of at least 4 members (excludes halogenated alkanes) is 41. The van der Waals surface area contributed by atoms with E-state index in [9.17, 15) is 9.46 Å². The van der Waals surface area contributed by atoms with Gasteiger partial charge in [-0.1, -0.05) is 284 Å². The summed E-state index contributed by atoms with van der Waals surface area (Å²) in [6, 6.07) is 0. The Morgan fingerprint density at radius 3 is 0.709 bits per heavy atom. The Hall–Kier alpha value is 0.110. The van der Waals surface area contributed by atoms with E-state index in [-0.39, 0.29) is 0 Å². The van der Waals surface area contributed by atoms with Crippen LogP contribution >= 0.6 is 7.75 Å². The van der Waals surface area contributed by atoms with E-state index in [0.29, 0.717) is 19.7 Å². The minimum absolute atomic E-state index is 0.406. The summed E-state index contributed by atoms with van der Waals surface area (Å²) in [5.41, 5.74) is 0. The first-order valence-corrected chi connectivity index (χ1v) is 27.3. The predicted octanol–water partition coefficient (Wildman–Crippen LogP) is 18.6. The van der Waals surface area contributed by atoms with Crippen molar-refractivity contribution in [1.29, 1.82) is 0 Å². The Balaban J connectivity index is 3.89. The van der Waals surface area contributed by atoms with Crippen LogP contribution in [-0.2, 0) is 9.09 Å². The molecule has 0 aromatic heterocycles. The third kappa shape index (κ3) is 43.5. The van der Waals surface area contributed by atoms with E-state index >= 15 is 0 Å². The Kier molecular flexibility index (Phi) is 46.9. The second kappa shape index (κ2) is 46.8. The highest BCUT2D eigenvalue weighted by molar-refractivity contribution is 7.50. The van der Waals surface area contributed by atoms with Gasteiger partial charge in [0.2, 0.25) is 0 Å². The highest BCUT2D eigenvalue weighted by Gasteiger charge is 2.28. The second-order valence-electron chi connectivity index (χ2n) is 17.8. The van der Waals surface area contributed by atoms with Crippen LogP contribution < -0.4 is 0 Å². The van der Waals surface area contributed by atoms with Crippen LogP contribution in [0.2, 0.25) is 0 Å². The number of hydrogen-bond donors (Lipinski definition) is 1. The maximum atomic E-state index is 13.3. The van der Waals surface area contributed by atoms with Crippen LogP contribution in [0, 0.1) is 0 Å². The third-order valence-corrected chi connectivity index (χ3v) is 13.8. The van der Waals surface area contributed by atoms with Crippen molar-refractivity contribution in [2.45, 2.75) is 303 Å². The molecule has 0 amide bonds. The number of hydrogen-bond acceptors (Lipinski definition) is 2. The first kappa shape index (κ1) is 55.1. The third-order valence-electron chi connectivity index (χ3n) is 12.2. The van der Waals surface area contributed by atoms with E-state index < -0.39 is 7.75 Å². The summed E-state index contributed by atoms with van der Waals surface area (Å²) in [6.07, 6.45) is 59.3. The number of rotatable bonds is 49. The molecule has 0 saturated carbocycles. The molecule has 0 aliphatic rings. The van der Waals surface area contributed by atoms with Crippen LogP contribution in [0.25, 0.3) is 0 Å². The molecule has 0 rings (SSSR count). The molecule has 0 aromatic carbocycles. The molecule has 0 aromatic rings. The maximum absolute atomic E-state index is 13.3. The topological polar surface area (TPSA) is 49.8 Å². The lowest BCUT2D eigenvalue weighted by atomic mass is 10.0. The molecule has 0 fully saturated rings. The van der Waals surface area contributed by atoms with E-state index in [4.69, 9.17) is 4.52 Å². The van der Waals surface area contributed by atoms with E-state index in [1.165, 1.54) is 244 Å². The summed E-state index contributed by atoms with van der Waals surface area (Å²) < 4.78 is 20.7. The summed E-state index contributed by atoms with van der Waals surface area (Å²) in [7, 11) is -3.71. The zero-order valence-electron chi connectivity index (χ0n) is 38.4. The van der Waals surface area contributed by atoms with Crippen LogP contribution in [0.15, 0.2) is 0 Å². The van der Waals surface area contributed by atoms with Gasteiger partial charge in [-0.3, -0.25) is 4.52 Å². The minimum Gasteiger partial charge on any atom is -0.312 e. The average Bonchev–Trinajstić information content (AvgIpc) is 3.18. The van der Waals surface area contributed by atoms with Crippen LogP contribution in [0.4, 0.5) is 0 Å². The molecule has 0 aliphatic heterocycles. The van der Waals surface area contributed by atoms with Crippen molar-refractivity contribution in [2.24, 2.45) is 0 Å². The Morgan fingerprint density at radius 2 is 0.491 bits per heavy atom. The van der Waals surface area contributed by atoms with Gasteiger partial charge in [0.15, 0.2) is 0 Å². The van der Waals surface area contributed by atoms with Crippen molar-refractivity contribution in [3.05, 3.63) is 0 Å². The molecule has 55 heavy (non-hydrogen) atoms. The molecule has 0 aliphatic carbocycles. The molecule has 0 heterocycles. The lowest BCUT2D eigenvalue weighted by molar-refractivity contribution is 0.194. The van der Waals surface area contributed by atoms with Crippen molar-refractivity contribution >= 4 is 7.75 Å². The first-order valence-electron chi connectivity index (χ1n) is 25.8. The highest BCUT2D eigenvalue weighted by atomic mass is 31.2. The second-order valence-corrected chi connectivity index (χ2v) is 19.6. The summed E-state index contributed by atoms with van der Waals surface area (Å²) in [6.45, 7) is 8.59. The standard InChI is InChI=1S/C50H104NO3P/c1-4-7-10-13-15-17-19-21-23-25-27-29-31-33-35-37-39-41-43-45-48-51(55(52,53)54-50-47-12-9-6-3)49-46-44-42-40-38-36-34-32-30-28-26-24-22-20-18-16-14-11-8-5-2/h4-50H2,1-3H3,(H,52,53). The van der Waals surface area contributed by atoms with Crippen LogP contribution in [0.5, 0.6) is 0 Å². The van der Waals surface area contributed by atoms with Gasteiger partial charge in [-0.25, -0.2) is 9.24 Å². The molecule has 1 unspecified atom stereocenters. The largest absolute Gasteiger partial charge is 0.405 e. The maximum Gasteiger partial charge on any atom is 0.405 e. The Morgan fingerprint density at radius 1 is 0.309 bits per heavy atom. The fraction of sp³-hybridized carbons (Fsp3) is 1.00. The van der Waals surface area contributed by atoms with Gasteiger partial charge < -0.3 is 4.89 Å². The quantitative estimate of drug-likeness (QED) is 0.0492. The van der Waals surface area contributed by atoms with Crippen molar-refractivity contribution in [3.8, 4) is 0 Å². The molecule has 332 valence electrons. The van der Waals surface area contributed by atoms with Crippen LogP contribution in [0.1, 0.15) is 303 Å². The molecule has 4 nitrogen and oxygen atoms in total. The van der Waals surface area contributed by atoms with Gasteiger partial charge in [-0.15, -0.1) is 0 Å². The molecule has 0 bridgehead atoms. The molecular weight excluding hydrogens is 694 g/mol. The fourth-order valence-corrected chi connectivity index (χ4v) is 9.58. The lowest BCUT2D eigenvalue weighted by Gasteiger charge is -2.26. The van der Waals surface area contributed by atoms with Gasteiger partial charge in [0.05, 0.1) is 6.61 Å². The monoisotopic (exact) mass is 798 g/mol. The van der Waals surface area contributed by atoms with Gasteiger partial charge in [0.1, 0.15) is 0 Å². The summed E-state index contributed by atoms with van der Waals surface area (Å²) in [4.78, 5) is 10.9. The number of nitrogens with zero attached hydrogens (tertiary/aromatic N) is 1. The first-order chi connectivity index (χ1) is 27.1. The summed E-state index contributed by atoms with van der Waals surface area (Å²) in [5.74, 6) is 0. The van der Waals surface area contributed by atoms with Crippen molar-refractivity contribution in [3.63, 3.8) is 0 Å². The van der Waals surface area contributed by atoms with Crippen LogP contribution in [0.3, 0.4) is 0 Å². The minimum atomic E-state index is -3.71. The molecule has 0 radical (unpaired) electrons. The molecule has 1 N–H and O–H groups in total. The average molecular weight is 798 g/mol. The molecule has 5 heteroatoms. The van der Waals surface area contributed by atoms with Crippen molar-refractivity contribution in [1.82, 2.24) is 4.67 Å². The molecule has 1 atom stereocenters. The van der Waals surface area contributed by atoms with Gasteiger partial charge in [0.25, 0.3) is 0 Å². The van der Waals surface area contributed by atoms with Gasteiger partial charge in [-0.2, -0.15) is 0 Å².